The number of para-hydroxylation sites is 1. The Morgan fingerprint density at radius 3 is 2.68 bits per heavy atom. The molecule has 1 aromatic heterocycles. The van der Waals surface area contributed by atoms with Crippen LogP contribution in [0.2, 0.25) is 0 Å². The van der Waals surface area contributed by atoms with E-state index in [1.54, 1.807) is 16.8 Å². The van der Waals surface area contributed by atoms with E-state index in [0.717, 1.165) is 36.0 Å². The molecule has 7 heteroatoms. The summed E-state index contributed by atoms with van der Waals surface area (Å²) in [6.07, 6.45) is 2.34. The number of hydrogen-bond acceptors (Lipinski definition) is 4. The van der Waals surface area contributed by atoms with Crippen LogP contribution in [-0.4, -0.2) is 50.0 Å². The van der Waals surface area contributed by atoms with E-state index in [1.807, 2.05) is 41.3 Å². The van der Waals surface area contributed by atoms with Crippen LogP contribution in [0.3, 0.4) is 0 Å². The van der Waals surface area contributed by atoms with Gasteiger partial charge in [-0.2, -0.15) is 0 Å². The van der Waals surface area contributed by atoms with Crippen LogP contribution in [0, 0.1) is 0 Å². The van der Waals surface area contributed by atoms with Crippen molar-refractivity contribution in [3.8, 4) is 0 Å². The van der Waals surface area contributed by atoms with E-state index in [-0.39, 0.29) is 17.4 Å². The largest absolute Gasteiger partial charge is 0.478 e. The van der Waals surface area contributed by atoms with Gasteiger partial charge in [-0.05, 0) is 42.7 Å². The predicted molar refractivity (Wildman–Crippen MR) is 104 cm³/mol. The van der Waals surface area contributed by atoms with Crippen LogP contribution in [0.1, 0.15) is 41.1 Å². The van der Waals surface area contributed by atoms with Gasteiger partial charge in [-0.3, -0.25) is 4.79 Å². The van der Waals surface area contributed by atoms with Gasteiger partial charge in [-0.25, -0.2) is 9.48 Å². The van der Waals surface area contributed by atoms with Gasteiger partial charge in [0.05, 0.1) is 17.6 Å². The average molecular weight is 378 g/mol. The Morgan fingerprint density at radius 2 is 1.89 bits per heavy atom. The maximum atomic E-state index is 12.7. The molecule has 3 aromatic rings. The average Bonchev–Trinajstić information content (AvgIpc) is 3.15. The molecule has 1 atom stereocenters. The van der Waals surface area contributed by atoms with Crippen LogP contribution in [0.4, 0.5) is 0 Å². The van der Waals surface area contributed by atoms with Crippen LogP contribution in [0.5, 0.6) is 0 Å². The normalized spacial score (nSPS) is 17.0. The topological polar surface area (TPSA) is 88.3 Å². The maximum absolute atomic E-state index is 12.7. The first-order chi connectivity index (χ1) is 13.6. The molecule has 0 bridgehead atoms. The second-order valence-corrected chi connectivity index (χ2v) is 7.16. The molecule has 7 nitrogen and oxygen atoms in total. The summed E-state index contributed by atoms with van der Waals surface area (Å²) in [6, 6.07) is 14.7. The number of carboxylic acids is 1. The minimum Gasteiger partial charge on any atom is -0.478 e. The minimum absolute atomic E-state index is 0.117. The number of hydrogen-bond donors (Lipinski definition) is 1. The van der Waals surface area contributed by atoms with Gasteiger partial charge < -0.3 is 10.0 Å². The monoisotopic (exact) mass is 378 g/mol. The van der Waals surface area contributed by atoms with E-state index in [0.29, 0.717) is 19.5 Å². The molecule has 0 aliphatic carbocycles. The third kappa shape index (κ3) is 3.74. The van der Waals surface area contributed by atoms with Gasteiger partial charge >= 0.3 is 5.97 Å². The number of amides is 1. The van der Waals surface area contributed by atoms with E-state index in [4.69, 9.17) is 5.11 Å². The molecule has 28 heavy (non-hydrogen) atoms. The molecule has 1 aliphatic heterocycles. The summed E-state index contributed by atoms with van der Waals surface area (Å²) < 4.78 is 1.78. The van der Waals surface area contributed by atoms with Crippen molar-refractivity contribution >= 4 is 22.9 Å². The maximum Gasteiger partial charge on any atom is 0.335 e. The lowest BCUT2D eigenvalue weighted by atomic mass is 9.90. The van der Waals surface area contributed by atoms with Gasteiger partial charge in [0.25, 0.3) is 0 Å². The van der Waals surface area contributed by atoms with Crippen LogP contribution in [-0.2, 0) is 11.3 Å². The zero-order valence-corrected chi connectivity index (χ0v) is 15.5. The molecule has 1 unspecified atom stereocenters. The van der Waals surface area contributed by atoms with E-state index in [1.165, 1.54) is 0 Å². The molecular formula is C21H22N4O3. The molecule has 1 fully saturated rings. The van der Waals surface area contributed by atoms with Crippen LogP contribution < -0.4 is 0 Å². The summed E-state index contributed by atoms with van der Waals surface area (Å²) >= 11 is 0. The van der Waals surface area contributed by atoms with Crippen molar-refractivity contribution in [2.24, 2.45) is 0 Å². The summed E-state index contributed by atoms with van der Waals surface area (Å²) in [5.41, 5.74) is 3.14. The molecule has 144 valence electrons. The second kappa shape index (κ2) is 7.80. The lowest BCUT2D eigenvalue weighted by Gasteiger charge is -2.33. The lowest BCUT2D eigenvalue weighted by molar-refractivity contribution is -0.132. The number of fused-ring (bicyclic) bond motifs is 1. The molecule has 1 amide bonds. The van der Waals surface area contributed by atoms with Gasteiger partial charge in [0, 0.05) is 25.4 Å². The molecule has 1 N–H and O–H groups in total. The highest BCUT2D eigenvalue weighted by molar-refractivity contribution is 5.87. The number of piperidine rings is 1. The summed E-state index contributed by atoms with van der Waals surface area (Å²) in [5.74, 6) is -0.563. The van der Waals surface area contributed by atoms with Crippen molar-refractivity contribution in [3.05, 3.63) is 59.7 Å². The van der Waals surface area contributed by atoms with Gasteiger partial charge in [0.15, 0.2) is 0 Å². The van der Waals surface area contributed by atoms with Crippen molar-refractivity contribution < 1.29 is 14.7 Å². The summed E-state index contributed by atoms with van der Waals surface area (Å²) in [6.45, 7) is 1.94. The first-order valence-corrected chi connectivity index (χ1v) is 9.51. The Kier molecular flexibility index (Phi) is 5.06. The van der Waals surface area contributed by atoms with Crippen molar-refractivity contribution in [2.75, 3.05) is 13.1 Å². The summed E-state index contributed by atoms with van der Waals surface area (Å²) in [4.78, 5) is 25.7. The van der Waals surface area contributed by atoms with E-state index >= 15 is 0 Å². The lowest BCUT2D eigenvalue weighted by Crippen LogP contribution is -2.39. The highest BCUT2D eigenvalue weighted by atomic mass is 16.4. The smallest absolute Gasteiger partial charge is 0.335 e. The van der Waals surface area contributed by atoms with Crippen LogP contribution in [0.15, 0.2) is 48.5 Å². The van der Waals surface area contributed by atoms with Crippen molar-refractivity contribution in [1.29, 1.82) is 0 Å². The molecule has 2 aromatic carbocycles. The number of nitrogens with zero attached hydrogens (tertiary/aromatic N) is 4. The van der Waals surface area contributed by atoms with Gasteiger partial charge in [0.2, 0.25) is 5.91 Å². The Hall–Kier alpha value is -3.22. The predicted octanol–water partition coefficient (Wildman–Crippen LogP) is 2.93. The van der Waals surface area contributed by atoms with Crippen LogP contribution >= 0.6 is 0 Å². The van der Waals surface area contributed by atoms with E-state index < -0.39 is 5.97 Å². The number of aromatic nitrogens is 3. The van der Waals surface area contributed by atoms with Gasteiger partial charge in [-0.15, -0.1) is 5.10 Å². The fourth-order valence-electron chi connectivity index (χ4n) is 3.82. The van der Waals surface area contributed by atoms with Crippen molar-refractivity contribution in [3.63, 3.8) is 0 Å². The number of benzene rings is 2. The fourth-order valence-corrected chi connectivity index (χ4v) is 3.82. The molecule has 2 heterocycles. The van der Waals surface area contributed by atoms with E-state index in [2.05, 4.69) is 10.3 Å². The summed E-state index contributed by atoms with van der Waals surface area (Å²) in [7, 11) is 0. The fraction of sp³-hybridized carbons (Fsp3) is 0.333. The van der Waals surface area contributed by atoms with Crippen molar-refractivity contribution in [2.45, 2.75) is 31.7 Å². The number of likely N-dealkylation sites (tertiary alicyclic amines) is 1. The minimum atomic E-state index is -0.923. The highest BCUT2D eigenvalue weighted by Crippen LogP contribution is 2.27. The number of rotatable bonds is 5. The van der Waals surface area contributed by atoms with Gasteiger partial charge in [-0.1, -0.05) is 29.5 Å². The Labute approximate surface area is 162 Å². The number of aromatic carboxylic acids is 1. The molecule has 1 aliphatic rings. The Bertz CT molecular complexity index is 996. The molecular weight excluding hydrogens is 356 g/mol. The van der Waals surface area contributed by atoms with Crippen molar-refractivity contribution in [1.82, 2.24) is 19.9 Å². The second-order valence-electron chi connectivity index (χ2n) is 7.16. The zero-order chi connectivity index (χ0) is 19.5. The number of carboxylic acid groups (broad SMARTS) is 1. The molecule has 4 rings (SSSR count). The Morgan fingerprint density at radius 1 is 1.11 bits per heavy atom. The third-order valence-corrected chi connectivity index (χ3v) is 5.36. The quantitative estimate of drug-likeness (QED) is 0.737. The SMILES string of the molecule is O=C(O)c1ccc(C2CCCN(C(=O)CCn3nnc4ccccc43)C2)cc1. The van der Waals surface area contributed by atoms with Crippen LogP contribution in [0.25, 0.3) is 11.0 Å². The summed E-state index contributed by atoms with van der Waals surface area (Å²) in [5, 5.41) is 17.3. The van der Waals surface area contributed by atoms with E-state index in [9.17, 15) is 9.59 Å². The Balaban J connectivity index is 1.38. The number of aryl methyl sites for hydroxylation is 1. The zero-order valence-electron chi connectivity index (χ0n) is 15.5. The number of carbonyl (C=O) groups is 2. The molecule has 0 saturated carbocycles. The highest BCUT2D eigenvalue weighted by Gasteiger charge is 2.25. The molecule has 0 spiro atoms. The van der Waals surface area contributed by atoms with Gasteiger partial charge in [0.1, 0.15) is 5.52 Å². The third-order valence-electron chi connectivity index (χ3n) is 5.36. The first-order valence-electron chi connectivity index (χ1n) is 9.51. The first kappa shape index (κ1) is 18.2. The molecule has 1 saturated heterocycles. The molecule has 0 radical (unpaired) electrons. The standard InChI is InChI=1S/C21H22N4O3/c26-20(11-13-25-19-6-2-1-5-18(19)22-23-25)24-12-3-4-17(14-24)15-7-9-16(10-8-15)21(27)28/h1-2,5-10,17H,3-4,11-14H2,(H,27,28). The number of carbonyl (C=O) groups excluding carboxylic acids is 1.